The Morgan fingerprint density at radius 1 is 0.892 bits per heavy atom. The molecule has 3 aromatic carbocycles. The predicted molar refractivity (Wildman–Crippen MR) is 152 cm³/mol. The fourth-order valence-corrected chi connectivity index (χ4v) is 5.75. The minimum Gasteiger partial charge on any atom is -0.369 e. The first kappa shape index (κ1) is 25.5. The Morgan fingerprint density at radius 2 is 1.65 bits per heavy atom. The van der Waals surface area contributed by atoms with Crippen molar-refractivity contribution in [2.45, 2.75) is 18.1 Å². The van der Waals surface area contributed by atoms with Gasteiger partial charge in [-0.25, -0.2) is 4.98 Å². The summed E-state index contributed by atoms with van der Waals surface area (Å²) in [6.07, 6.45) is 0.831. The van der Waals surface area contributed by atoms with Crippen LogP contribution in [0.25, 0.3) is 10.9 Å². The van der Waals surface area contributed by atoms with E-state index in [0.29, 0.717) is 28.2 Å². The largest absolute Gasteiger partial charge is 0.369 e. The van der Waals surface area contributed by atoms with Crippen LogP contribution < -0.4 is 10.5 Å². The van der Waals surface area contributed by atoms with E-state index in [9.17, 15) is 9.59 Å². The molecule has 5 rings (SSSR count). The number of para-hydroxylation sites is 1. The number of Topliss-reactive ketones (excluding diaryl/α,β-unsaturated/α-hetero) is 1. The number of hydrogen-bond acceptors (Lipinski definition) is 6. The van der Waals surface area contributed by atoms with Gasteiger partial charge < -0.3 is 4.90 Å². The van der Waals surface area contributed by atoms with Crippen molar-refractivity contribution in [1.82, 2.24) is 14.5 Å². The summed E-state index contributed by atoms with van der Waals surface area (Å²) in [5.74, 6) is 0.261. The summed E-state index contributed by atoms with van der Waals surface area (Å²) < 4.78 is 1.74. The van der Waals surface area contributed by atoms with E-state index in [4.69, 9.17) is 16.6 Å². The average molecular weight is 533 g/mol. The van der Waals surface area contributed by atoms with Gasteiger partial charge in [0.1, 0.15) is 0 Å². The molecular formula is C29H29ClN4O2S. The molecular weight excluding hydrogens is 504 g/mol. The number of carbonyl (C=O) groups is 1. The zero-order valence-corrected chi connectivity index (χ0v) is 22.1. The van der Waals surface area contributed by atoms with Crippen molar-refractivity contribution >= 4 is 45.7 Å². The van der Waals surface area contributed by atoms with Gasteiger partial charge >= 0.3 is 0 Å². The number of hydrogen-bond donors (Lipinski definition) is 0. The first-order valence-electron chi connectivity index (χ1n) is 12.5. The molecule has 0 atom stereocenters. The number of ketones is 1. The summed E-state index contributed by atoms with van der Waals surface area (Å²) >= 11 is 7.50. The Morgan fingerprint density at radius 3 is 2.43 bits per heavy atom. The molecule has 37 heavy (non-hydrogen) atoms. The van der Waals surface area contributed by atoms with Crippen molar-refractivity contribution < 1.29 is 4.79 Å². The lowest BCUT2D eigenvalue weighted by Crippen LogP contribution is -2.46. The van der Waals surface area contributed by atoms with Crippen LogP contribution in [-0.2, 0) is 6.54 Å². The summed E-state index contributed by atoms with van der Waals surface area (Å²) in [7, 11) is 0. The highest BCUT2D eigenvalue weighted by Crippen LogP contribution is 2.22. The van der Waals surface area contributed by atoms with E-state index in [-0.39, 0.29) is 17.1 Å². The third-order valence-electron chi connectivity index (χ3n) is 6.66. The molecule has 0 spiro atoms. The molecule has 1 aliphatic heterocycles. The zero-order valence-electron chi connectivity index (χ0n) is 20.6. The van der Waals surface area contributed by atoms with Gasteiger partial charge in [-0.1, -0.05) is 71.9 Å². The highest BCUT2D eigenvalue weighted by atomic mass is 35.5. The molecule has 0 aliphatic carbocycles. The molecule has 6 nitrogen and oxygen atoms in total. The van der Waals surface area contributed by atoms with Crippen molar-refractivity contribution in [1.29, 1.82) is 0 Å². The molecule has 0 unspecified atom stereocenters. The summed E-state index contributed by atoms with van der Waals surface area (Å²) in [5.41, 5.74) is 2.44. The maximum absolute atomic E-state index is 13.4. The molecule has 0 bridgehead atoms. The quantitative estimate of drug-likeness (QED) is 0.167. The third-order valence-corrected chi connectivity index (χ3v) is 7.87. The number of nitrogens with zero attached hydrogens (tertiary/aromatic N) is 4. The minimum atomic E-state index is -0.0500. The van der Waals surface area contributed by atoms with Gasteiger partial charge in [-0.05, 0) is 43.3 Å². The third kappa shape index (κ3) is 6.24. The van der Waals surface area contributed by atoms with Gasteiger partial charge in [-0.15, -0.1) is 0 Å². The van der Waals surface area contributed by atoms with Crippen LogP contribution in [-0.4, -0.2) is 58.7 Å². The standard InChI is InChI=1S/C29H29ClN4O2S/c30-23-10-6-11-24(20-23)33-18-16-32(17-19-33)14-7-15-34-28(36)25-12-4-5-13-26(25)31-29(34)37-21-27(35)22-8-2-1-3-9-22/h1-6,8-13,20H,7,14-19,21H2. The number of fused-ring (bicyclic) bond motifs is 1. The first-order valence-corrected chi connectivity index (χ1v) is 13.9. The van der Waals surface area contributed by atoms with Gasteiger partial charge in [-0.2, -0.15) is 0 Å². The topological polar surface area (TPSA) is 58.4 Å². The van der Waals surface area contributed by atoms with Crippen LogP contribution >= 0.6 is 23.4 Å². The molecule has 190 valence electrons. The number of aromatic nitrogens is 2. The lowest BCUT2D eigenvalue weighted by molar-refractivity contribution is 0.102. The van der Waals surface area contributed by atoms with Crippen molar-refractivity contribution in [3.05, 3.63) is 99.8 Å². The molecule has 0 amide bonds. The van der Waals surface area contributed by atoms with E-state index < -0.39 is 0 Å². The number of rotatable bonds is 9. The van der Waals surface area contributed by atoms with Crippen LogP contribution in [0.1, 0.15) is 16.8 Å². The van der Waals surface area contributed by atoms with Crippen molar-refractivity contribution in [3.63, 3.8) is 0 Å². The molecule has 1 aromatic heterocycles. The Kier molecular flexibility index (Phi) is 8.24. The summed E-state index contributed by atoms with van der Waals surface area (Å²) in [4.78, 5) is 35.6. The highest BCUT2D eigenvalue weighted by molar-refractivity contribution is 7.99. The number of carbonyl (C=O) groups excluding carboxylic acids is 1. The second-order valence-electron chi connectivity index (χ2n) is 9.11. The fraction of sp³-hybridized carbons (Fsp3) is 0.276. The number of anilines is 1. The maximum Gasteiger partial charge on any atom is 0.262 e. The molecule has 1 saturated heterocycles. The van der Waals surface area contributed by atoms with Crippen molar-refractivity contribution in [2.75, 3.05) is 43.4 Å². The molecule has 0 saturated carbocycles. The molecule has 1 fully saturated rings. The van der Waals surface area contributed by atoms with Gasteiger partial charge in [0.25, 0.3) is 5.56 Å². The van der Waals surface area contributed by atoms with Crippen molar-refractivity contribution in [2.24, 2.45) is 0 Å². The summed E-state index contributed by atoms with van der Waals surface area (Å²) in [5, 5.41) is 1.96. The highest BCUT2D eigenvalue weighted by Gasteiger charge is 2.18. The lowest BCUT2D eigenvalue weighted by Gasteiger charge is -2.36. The average Bonchev–Trinajstić information content (AvgIpc) is 2.94. The molecule has 4 aromatic rings. The monoisotopic (exact) mass is 532 g/mol. The second kappa shape index (κ2) is 11.9. The van der Waals surface area contributed by atoms with E-state index in [1.807, 2.05) is 72.8 Å². The van der Waals surface area contributed by atoms with Crippen LogP contribution in [0.2, 0.25) is 5.02 Å². The van der Waals surface area contributed by atoms with Gasteiger partial charge in [-0.3, -0.25) is 19.1 Å². The van der Waals surface area contributed by atoms with E-state index in [0.717, 1.165) is 49.9 Å². The number of piperazine rings is 1. The normalized spacial score (nSPS) is 14.2. The lowest BCUT2D eigenvalue weighted by atomic mass is 10.2. The van der Waals surface area contributed by atoms with Gasteiger partial charge in [0.2, 0.25) is 0 Å². The fourth-order valence-electron chi connectivity index (χ4n) is 4.65. The second-order valence-corrected chi connectivity index (χ2v) is 10.5. The number of thioether (sulfide) groups is 1. The molecule has 0 radical (unpaired) electrons. The number of halogens is 1. The smallest absolute Gasteiger partial charge is 0.262 e. The SMILES string of the molecule is O=C(CSc1nc2ccccc2c(=O)n1CCCN1CCN(c2cccc(Cl)c2)CC1)c1ccccc1. The van der Waals surface area contributed by atoms with E-state index in [2.05, 4.69) is 15.9 Å². The molecule has 1 aliphatic rings. The molecule has 2 heterocycles. The summed E-state index contributed by atoms with van der Waals surface area (Å²) in [6, 6.07) is 24.6. The number of benzene rings is 3. The predicted octanol–water partition coefficient (Wildman–Crippen LogP) is 5.24. The Labute approximate surface area is 225 Å². The van der Waals surface area contributed by atoms with Crippen molar-refractivity contribution in [3.8, 4) is 0 Å². The van der Waals surface area contributed by atoms with Crippen LogP contribution in [0.15, 0.2) is 88.8 Å². The Bertz CT molecular complexity index is 1440. The maximum atomic E-state index is 13.4. The van der Waals surface area contributed by atoms with E-state index in [1.165, 1.54) is 11.8 Å². The Balaban J connectivity index is 1.24. The van der Waals surface area contributed by atoms with Crippen LogP contribution in [0, 0.1) is 0 Å². The first-order chi connectivity index (χ1) is 18.1. The summed E-state index contributed by atoms with van der Waals surface area (Å²) in [6.45, 7) is 5.28. The molecule has 8 heteroatoms. The minimum absolute atomic E-state index is 0.0251. The van der Waals surface area contributed by atoms with E-state index >= 15 is 0 Å². The van der Waals surface area contributed by atoms with Gasteiger partial charge in [0.05, 0.1) is 16.7 Å². The van der Waals surface area contributed by atoms with Crippen LogP contribution in [0.5, 0.6) is 0 Å². The van der Waals surface area contributed by atoms with Crippen LogP contribution in [0.4, 0.5) is 5.69 Å². The van der Waals surface area contributed by atoms with Gasteiger partial charge in [0, 0.05) is 49.0 Å². The van der Waals surface area contributed by atoms with Gasteiger partial charge in [0.15, 0.2) is 10.9 Å². The zero-order chi connectivity index (χ0) is 25.6. The van der Waals surface area contributed by atoms with E-state index in [1.54, 1.807) is 4.57 Å². The Hall–Kier alpha value is -3.13. The molecule has 0 N–H and O–H groups in total. The van der Waals surface area contributed by atoms with Crippen LogP contribution in [0.3, 0.4) is 0 Å².